The topological polar surface area (TPSA) is 29.3 Å². The highest BCUT2D eigenvalue weighted by Crippen LogP contribution is 2.18. The minimum Gasteiger partial charge on any atom is -0.327 e. The van der Waals surface area contributed by atoms with Crippen molar-refractivity contribution in [3.8, 4) is 0 Å². The van der Waals surface area contributed by atoms with Crippen LogP contribution in [0.4, 0.5) is 13.2 Å². The summed E-state index contributed by atoms with van der Waals surface area (Å²) in [5.41, 5.74) is 5.53. The Balaban J connectivity index is 0.00000144. The number of likely N-dealkylation sites (tertiary alicyclic amines) is 1. The van der Waals surface area contributed by atoms with Gasteiger partial charge in [-0.2, -0.15) is 13.2 Å². The van der Waals surface area contributed by atoms with E-state index in [4.69, 9.17) is 5.73 Å². The Kier molecular flexibility index (Phi) is 5.02. The summed E-state index contributed by atoms with van der Waals surface area (Å²) in [7, 11) is 0. The van der Waals surface area contributed by atoms with Gasteiger partial charge in [0.05, 0.1) is 6.54 Å². The molecule has 0 spiro atoms. The molecule has 0 unspecified atom stereocenters. The molecule has 0 saturated carbocycles. The summed E-state index contributed by atoms with van der Waals surface area (Å²) in [5, 5.41) is 0. The lowest BCUT2D eigenvalue weighted by molar-refractivity contribution is -0.148. The first-order valence-electron chi connectivity index (χ1n) is 4.02. The molecule has 0 aromatic rings. The Morgan fingerprint density at radius 1 is 1.38 bits per heavy atom. The minimum absolute atomic E-state index is 0. The second kappa shape index (κ2) is 5.02. The Bertz CT molecular complexity index is 151. The number of nitrogens with zero attached hydrogens (tertiary/aromatic N) is 1. The van der Waals surface area contributed by atoms with Crippen LogP contribution in [0.25, 0.3) is 0 Å². The van der Waals surface area contributed by atoms with E-state index < -0.39 is 12.7 Å². The average molecular weight is 219 g/mol. The lowest BCUT2D eigenvalue weighted by Gasteiger charge is -2.30. The molecule has 80 valence electrons. The van der Waals surface area contributed by atoms with Gasteiger partial charge in [-0.1, -0.05) is 0 Å². The molecule has 0 bridgehead atoms. The fraction of sp³-hybridized carbons (Fsp3) is 1.00. The molecule has 13 heavy (non-hydrogen) atoms. The van der Waals surface area contributed by atoms with Crippen LogP contribution in [0.1, 0.15) is 12.8 Å². The van der Waals surface area contributed by atoms with Crippen molar-refractivity contribution in [1.29, 1.82) is 0 Å². The van der Waals surface area contributed by atoms with Gasteiger partial charge in [-0.05, 0) is 19.4 Å². The predicted molar refractivity (Wildman–Crippen MR) is 47.0 cm³/mol. The van der Waals surface area contributed by atoms with Gasteiger partial charge in [-0.25, -0.2) is 0 Å². The molecule has 1 fully saturated rings. The van der Waals surface area contributed by atoms with Crippen molar-refractivity contribution in [1.82, 2.24) is 4.90 Å². The number of hydrogen-bond acceptors (Lipinski definition) is 2. The molecule has 2 nitrogen and oxygen atoms in total. The van der Waals surface area contributed by atoms with E-state index >= 15 is 0 Å². The van der Waals surface area contributed by atoms with E-state index in [1.165, 1.54) is 4.90 Å². The summed E-state index contributed by atoms with van der Waals surface area (Å²) in [6.45, 7) is 0.0768. The van der Waals surface area contributed by atoms with Gasteiger partial charge in [0, 0.05) is 12.6 Å². The normalized spacial score (nSPS) is 25.4. The lowest BCUT2D eigenvalue weighted by atomic mass is 10.1. The molecule has 0 aliphatic carbocycles. The highest BCUT2D eigenvalue weighted by atomic mass is 35.5. The first-order valence-corrected chi connectivity index (χ1v) is 4.02. The maximum Gasteiger partial charge on any atom is 0.401 e. The van der Waals surface area contributed by atoms with E-state index in [2.05, 4.69) is 0 Å². The number of hydrogen-bond donors (Lipinski definition) is 1. The molecule has 1 aliphatic heterocycles. The zero-order valence-electron chi connectivity index (χ0n) is 7.18. The number of halogens is 4. The van der Waals surface area contributed by atoms with Crippen LogP contribution in [-0.2, 0) is 0 Å². The molecule has 1 aliphatic rings. The Morgan fingerprint density at radius 2 is 2.00 bits per heavy atom. The van der Waals surface area contributed by atoms with Crippen molar-refractivity contribution in [2.45, 2.75) is 25.1 Å². The van der Waals surface area contributed by atoms with E-state index in [9.17, 15) is 13.2 Å². The van der Waals surface area contributed by atoms with Gasteiger partial charge in [0.2, 0.25) is 0 Å². The Morgan fingerprint density at radius 3 is 2.46 bits per heavy atom. The van der Waals surface area contributed by atoms with Crippen molar-refractivity contribution < 1.29 is 13.2 Å². The summed E-state index contributed by atoms with van der Waals surface area (Å²) < 4.78 is 35.7. The third-order valence-corrected chi connectivity index (χ3v) is 1.94. The molecular weight excluding hydrogens is 205 g/mol. The van der Waals surface area contributed by atoms with E-state index in [0.717, 1.165) is 12.8 Å². The van der Waals surface area contributed by atoms with Gasteiger partial charge >= 0.3 is 6.18 Å². The second-order valence-electron chi connectivity index (χ2n) is 3.25. The van der Waals surface area contributed by atoms with Crippen molar-refractivity contribution >= 4 is 12.4 Å². The average Bonchev–Trinajstić information content (AvgIpc) is 1.82. The molecule has 0 amide bonds. The molecular formula is C7H14ClF3N2. The van der Waals surface area contributed by atoms with Crippen LogP contribution in [0.2, 0.25) is 0 Å². The smallest absolute Gasteiger partial charge is 0.327 e. The largest absolute Gasteiger partial charge is 0.401 e. The van der Waals surface area contributed by atoms with Crippen molar-refractivity contribution in [2.24, 2.45) is 5.73 Å². The van der Waals surface area contributed by atoms with Gasteiger partial charge in [0.25, 0.3) is 0 Å². The van der Waals surface area contributed by atoms with Crippen molar-refractivity contribution in [3.63, 3.8) is 0 Å². The van der Waals surface area contributed by atoms with Gasteiger partial charge in [-0.3, -0.25) is 4.90 Å². The number of piperidine rings is 1. The van der Waals surface area contributed by atoms with Crippen molar-refractivity contribution in [3.05, 3.63) is 0 Å². The van der Waals surface area contributed by atoms with E-state index in [0.29, 0.717) is 13.1 Å². The van der Waals surface area contributed by atoms with Crippen LogP contribution >= 0.6 is 12.4 Å². The van der Waals surface area contributed by atoms with Crippen LogP contribution < -0.4 is 5.73 Å². The first kappa shape index (κ1) is 13.0. The maximum atomic E-state index is 11.9. The van der Waals surface area contributed by atoms with Crippen LogP contribution in [-0.4, -0.2) is 36.8 Å². The molecule has 0 radical (unpaired) electrons. The fourth-order valence-electron chi connectivity index (χ4n) is 1.49. The zero-order chi connectivity index (χ0) is 9.19. The molecule has 0 aromatic carbocycles. The lowest BCUT2D eigenvalue weighted by Crippen LogP contribution is -2.46. The SMILES string of the molecule is Cl.N[C@@H]1CCCN(CC(F)(F)F)C1. The zero-order valence-corrected chi connectivity index (χ0v) is 8.00. The van der Waals surface area contributed by atoms with Crippen LogP contribution in [0, 0.1) is 0 Å². The minimum atomic E-state index is -4.09. The molecule has 0 aromatic heterocycles. The summed E-state index contributed by atoms with van der Waals surface area (Å²) in [5.74, 6) is 0. The molecule has 1 saturated heterocycles. The summed E-state index contributed by atoms with van der Waals surface area (Å²) in [6.07, 6.45) is -2.47. The summed E-state index contributed by atoms with van der Waals surface area (Å²) in [6, 6.07) is -0.0823. The summed E-state index contributed by atoms with van der Waals surface area (Å²) in [4.78, 5) is 1.37. The maximum absolute atomic E-state index is 11.9. The molecule has 6 heteroatoms. The Labute approximate surface area is 81.7 Å². The predicted octanol–water partition coefficient (Wildman–Crippen LogP) is 1.39. The van der Waals surface area contributed by atoms with Gasteiger partial charge in [0.1, 0.15) is 0 Å². The van der Waals surface area contributed by atoms with Crippen LogP contribution in [0.5, 0.6) is 0 Å². The van der Waals surface area contributed by atoms with Gasteiger partial charge in [-0.15, -0.1) is 12.4 Å². The standard InChI is InChI=1S/C7H13F3N2.ClH/c8-7(9,10)5-12-3-1-2-6(11)4-12;/h6H,1-5,11H2;1H/t6-;/m1./s1. The van der Waals surface area contributed by atoms with E-state index in [1.807, 2.05) is 0 Å². The quantitative estimate of drug-likeness (QED) is 0.721. The molecule has 1 rings (SSSR count). The number of rotatable bonds is 1. The number of nitrogens with two attached hydrogens (primary N) is 1. The van der Waals surface area contributed by atoms with Gasteiger partial charge < -0.3 is 5.73 Å². The van der Waals surface area contributed by atoms with Crippen molar-refractivity contribution in [2.75, 3.05) is 19.6 Å². The third kappa shape index (κ3) is 5.33. The second-order valence-corrected chi connectivity index (χ2v) is 3.25. The highest BCUT2D eigenvalue weighted by Gasteiger charge is 2.32. The Hall–Kier alpha value is -0.0000000000000000555. The molecule has 2 N–H and O–H groups in total. The van der Waals surface area contributed by atoms with Crippen LogP contribution in [0.15, 0.2) is 0 Å². The third-order valence-electron chi connectivity index (χ3n) is 1.94. The summed E-state index contributed by atoms with van der Waals surface area (Å²) >= 11 is 0. The van der Waals surface area contributed by atoms with E-state index in [1.54, 1.807) is 0 Å². The first-order chi connectivity index (χ1) is 5.47. The van der Waals surface area contributed by atoms with Crippen LogP contribution in [0.3, 0.4) is 0 Å². The molecule has 1 heterocycles. The number of alkyl halides is 3. The van der Waals surface area contributed by atoms with E-state index in [-0.39, 0.29) is 18.4 Å². The molecule has 1 atom stereocenters. The monoisotopic (exact) mass is 218 g/mol. The fourth-order valence-corrected chi connectivity index (χ4v) is 1.49. The highest BCUT2D eigenvalue weighted by molar-refractivity contribution is 5.85. The van der Waals surface area contributed by atoms with Gasteiger partial charge in [0.15, 0.2) is 0 Å².